The van der Waals surface area contributed by atoms with Gasteiger partial charge in [-0.25, -0.2) is 0 Å². The predicted octanol–water partition coefficient (Wildman–Crippen LogP) is 3.41. The first-order valence-corrected chi connectivity index (χ1v) is 6.12. The highest BCUT2D eigenvalue weighted by Crippen LogP contribution is 2.42. The van der Waals surface area contributed by atoms with Crippen molar-refractivity contribution in [2.45, 2.75) is 32.5 Å². The number of nitrogens with two attached hydrogens (primary N) is 1. The van der Waals surface area contributed by atoms with Gasteiger partial charge in [-0.15, -0.1) is 0 Å². The van der Waals surface area contributed by atoms with Crippen LogP contribution in [0.5, 0.6) is 0 Å². The van der Waals surface area contributed by atoms with Gasteiger partial charge < -0.3 is 5.73 Å². The molecule has 20 heavy (non-hydrogen) atoms. The van der Waals surface area contributed by atoms with Crippen LogP contribution in [0.3, 0.4) is 0 Å². The van der Waals surface area contributed by atoms with Gasteiger partial charge in [0.05, 0.1) is 0 Å². The molecule has 1 heterocycles. The molecule has 2 aromatic rings. The summed E-state index contributed by atoms with van der Waals surface area (Å²) in [5.74, 6) is 0. The average molecular weight is 283 g/mol. The third-order valence-corrected chi connectivity index (χ3v) is 3.67. The summed E-state index contributed by atoms with van der Waals surface area (Å²) in [5.41, 5.74) is 5.49. The summed E-state index contributed by atoms with van der Waals surface area (Å²) >= 11 is 0. The molecule has 0 spiro atoms. The quantitative estimate of drug-likeness (QED) is 0.858. The monoisotopic (exact) mass is 283 g/mol. The topological polar surface area (TPSA) is 43.8 Å². The molecule has 0 radical (unpaired) electrons. The first-order valence-electron chi connectivity index (χ1n) is 6.12. The van der Waals surface area contributed by atoms with Crippen molar-refractivity contribution in [1.82, 2.24) is 9.78 Å². The Balaban J connectivity index is 2.72. The fourth-order valence-corrected chi connectivity index (χ4v) is 2.21. The van der Waals surface area contributed by atoms with E-state index in [9.17, 15) is 13.2 Å². The van der Waals surface area contributed by atoms with Crippen LogP contribution < -0.4 is 5.73 Å². The highest BCUT2D eigenvalue weighted by molar-refractivity contribution is 5.55. The molecule has 2 rings (SSSR count). The number of nitrogen functional groups attached to an aromatic ring is 1. The third kappa shape index (κ3) is 2.05. The summed E-state index contributed by atoms with van der Waals surface area (Å²) in [4.78, 5) is 0. The van der Waals surface area contributed by atoms with Crippen molar-refractivity contribution in [3.05, 3.63) is 47.3 Å². The summed E-state index contributed by atoms with van der Waals surface area (Å²) in [6.07, 6.45) is -1.83. The minimum absolute atomic E-state index is 0.123. The molecule has 0 saturated carbocycles. The predicted molar refractivity (Wildman–Crippen MR) is 71.4 cm³/mol. The van der Waals surface area contributed by atoms with Gasteiger partial charge in [0.25, 0.3) is 0 Å². The molecule has 1 aromatic heterocycles. The molecule has 0 bridgehead atoms. The molecule has 0 aliphatic rings. The average Bonchev–Trinajstić information content (AvgIpc) is 2.86. The molecular weight excluding hydrogens is 267 g/mol. The van der Waals surface area contributed by atoms with E-state index in [1.807, 2.05) is 0 Å². The van der Waals surface area contributed by atoms with Crippen molar-refractivity contribution in [3.63, 3.8) is 0 Å². The normalized spacial score (nSPS) is 15.1. The maximum Gasteiger partial charge on any atom is 0.417 e. The van der Waals surface area contributed by atoms with E-state index in [0.29, 0.717) is 16.8 Å². The minimum atomic E-state index is -4.48. The Labute approximate surface area is 115 Å². The van der Waals surface area contributed by atoms with Crippen LogP contribution in [0.1, 0.15) is 23.6 Å². The van der Waals surface area contributed by atoms with Crippen LogP contribution in [0.4, 0.5) is 18.9 Å². The highest BCUT2D eigenvalue weighted by atomic mass is 19.4. The maximum atomic E-state index is 13.6. The smallest absolute Gasteiger partial charge is 0.398 e. The Kier molecular flexibility index (Phi) is 3.28. The van der Waals surface area contributed by atoms with Crippen molar-refractivity contribution in [3.8, 4) is 0 Å². The van der Waals surface area contributed by atoms with Crippen molar-refractivity contribution in [2.24, 2.45) is 0 Å². The molecule has 0 saturated heterocycles. The number of rotatable bonds is 2. The Morgan fingerprint density at radius 3 is 2.10 bits per heavy atom. The van der Waals surface area contributed by atoms with E-state index in [-0.39, 0.29) is 5.56 Å². The van der Waals surface area contributed by atoms with Crippen LogP contribution in [0.15, 0.2) is 30.6 Å². The highest BCUT2D eigenvalue weighted by Gasteiger charge is 2.54. The number of alkyl halides is 3. The number of aromatic nitrogens is 2. The van der Waals surface area contributed by atoms with Gasteiger partial charge in [0.15, 0.2) is 5.54 Å². The largest absolute Gasteiger partial charge is 0.417 e. The lowest BCUT2D eigenvalue weighted by atomic mass is 9.88. The van der Waals surface area contributed by atoms with E-state index in [1.165, 1.54) is 30.6 Å². The summed E-state index contributed by atoms with van der Waals surface area (Å²) in [6.45, 7) is 4.52. The fraction of sp³-hybridized carbons (Fsp3) is 0.357. The molecule has 1 aromatic carbocycles. The molecule has 0 amide bonds. The standard InChI is InChI=1S/C14H16F3N3/c1-9-7-11(8-10(2)12(9)18)13(3,14(15,16)17)20-6-4-5-19-20/h4-8H,18H2,1-3H3. The van der Waals surface area contributed by atoms with Crippen LogP contribution in [0.2, 0.25) is 0 Å². The summed E-state index contributed by atoms with van der Waals surface area (Å²) < 4.78 is 41.8. The summed E-state index contributed by atoms with van der Waals surface area (Å²) in [7, 11) is 0. The van der Waals surface area contributed by atoms with Gasteiger partial charge >= 0.3 is 6.18 Å². The second-order valence-electron chi connectivity index (χ2n) is 5.04. The number of halogens is 3. The van der Waals surface area contributed by atoms with Gasteiger partial charge in [0.1, 0.15) is 0 Å². The van der Waals surface area contributed by atoms with Gasteiger partial charge in [-0.2, -0.15) is 18.3 Å². The summed E-state index contributed by atoms with van der Waals surface area (Å²) in [6, 6.07) is 4.41. The van der Waals surface area contributed by atoms with Crippen LogP contribution in [0.25, 0.3) is 0 Å². The van der Waals surface area contributed by atoms with Gasteiger partial charge in [-0.3, -0.25) is 4.68 Å². The van der Waals surface area contributed by atoms with Crippen molar-refractivity contribution in [1.29, 1.82) is 0 Å². The molecule has 0 fully saturated rings. The Morgan fingerprint density at radius 1 is 1.15 bits per heavy atom. The van der Waals surface area contributed by atoms with Gasteiger partial charge in [-0.05, 0) is 43.5 Å². The molecule has 6 heteroatoms. The zero-order valence-corrected chi connectivity index (χ0v) is 11.5. The van der Waals surface area contributed by atoms with Gasteiger partial charge in [-0.1, -0.05) is 12.1 Å². The Bertz CT molecular complexity index is 594. The number of anilines is 1. The second-order valence-corrected chi connectivity index (χ2v) is 5.04. The van der Waals surface area contributed by atoms with Crippen molar-refractivity contribution >= 4 is 5.69 Å². The number of benzene rings is 1. The minimum Gasteiger partial charge on any atom is -0.398 e. The first-order chi connectivity index (χ1) is 9.18. The third-order valence-electron chi connectivity index (χ3n) is 3.67. The zero-order chi connectivity index (χ0) is 15.1. The van der Waals surface area contributed by atoms with E-state index >= 15 is 0 Å². The lowest BCUT2D eigenvalue weighted by molar-refractivity contribution is -0.197. The van der Waals surface area contributed by atoms with Crippen LogP contribution in [-0.4, -0.2) is 16.0 Å². The molecule has 3 nitrogen and oxygen atoms in total. The molecule has 1 unspecified atom stereocenters. The number of hydrogen-bond donors (Lipinski definition) is 1. The Hall–Kier alpha value is -1.98. The van der Waals surface area contributed by atoms with Crippen LogP contribution >= 0.6 is 0 Å². The van der Waals surface area contributed by atoms with Crippen LogP contribution in [-0.2, 0) is 5.54 Å². The SMILES string of the molecule is Cc1cc(C(C)(n2cccn2)C(F)(F)F)cc(C)c1N. The van der Waals surface area contributed by atoms with E-state index in [1.54, 1.807) is 13.8 Å². The number of aryl methyl sites for hydroxylation is 2. The van der Waals surface area contributed by atoms with Gasteiger partial charge in [0, 0.05) is 18.1 Å². The van der Waals surface area contributed by atoms with Crippen molar-refractivity contribution < 1.29 is 13.2 Å². The Morgan fingerprint density at radius 2 is 1.70 bits per heavy atom. The lowest BCUT2D eigenvalue weighted by Gasteiger charge is -2.33. The molecule has 1 atom stereocenters. The summed E-state index contributed by atoms with van der Waals surface area (Å²) in [5, 5.41) is 3.78. The van der Waals surface area contributed by atoms with E-state index < -0.39 is 11.7 Å². The second kappa shape index (κ2) is 4.54. The van der Waals surface area contributed by atoms with Crippen molar-refractivity contribution in [2.75, 3.05) is 5.73 Å². The molecule has 0 aliphatic carbocycles. The molecule has 0 aliphatic heterocycles. The van der Waals surface area contributed by atoms with E-state index in [0.717, 1.165) is 11.6 Å². The number of hydrogen-bond acceptors (Lipinski definition) is 2. The molecule has 2 N–H and O–H groups in total. The molecule has 108 valence electrons. The van der Waals surface area contributed by atoms with E-state index in [2.05, 4.69) is 5.10 Å². The fourth-order valence-electron chi connectivity index (χ4n) is 2.21. The zero-order valence-electron chi connectivity index (χ0n) is 11.5. The van der Waals surface area contributed by atoms with Crippen LogP contribution in [0, 0.1) is 13.8 Å². The molecular formula is C14H16F3N3. The van der Waals surface area contributed by atoms with Gasteiger partial charge in [0.2, 0.25) is 0 Å². The van der Waals surface area contributed by atoms with E-state index in [4.69, 9.17) is 5.73 Å². The maximum absolute atomic E-state index is 13.6. The lowest BCUT2D eigenvalue weighted by Crippen LogP contribution is -2.46. The first kappa shape index (κ1) is 14.4. The number of nitrogens with zero attached hydrogens (tertiary/aromatic N) is 2.